The molecule has 3 aromatic rings. The maximum atomic E-state index is 12.9. The molecule has 1 aromatic carbocycles. The van der Waals surface area contributed by atoms with Crippen molar-refractivity contribution in [2.75, 3.05) is 36.4 Å². The smallest absolute Gasteiger partial charge is 0.353 e. The number of alkyl halides is 3. The summed E-state index contributed by atoms with van der Waals surface area (Å²) < 4.78 is 38.5. The van der Waals surface area contributed by atoms with Crippen LogP contribution in [0.3, 0.4) is 0 Å². The Bertz CT molecular complexity index is 1130. The van der Waals surface area contributed by atoms with Gasteiger partial charge in [-0.25, -0.2) is 4.98 Å². The number of hydrogen-bond acceptors (Lipinski definition) is 5. The number of piperazine rings is 1. The summed E-state index contributed by atoms with van der Waals surface area (Å²) in [6, 6.07) is 9.79. The van der Waals surface area contributed by atoms with Crippen LogP contribution < -0.4 is 10.2 Å². The lowest BCUT2D eigenvalue weighted by Gasteiger charge is -2.38. The summed E-state index contributed by atoms with van der Waals surface area (Å²) >= 11 is 6.07. The number of fused-ring (bicyclic) bond motifs is 1. The molecule has 1 saturated heterocycles. The first-order valence-corrected chi connectivity index (χ1v) is 10.5. The van der Waals surface area contributed by atoms with Gasteiger partial charge in [0.2, 0.25) is 5.91 Å². The molecule has 3 heterocycles. The Morgan fingerprint density at radius 3 is 2.56 bits per heavy atom. The minimum absolute atomic E-state index is 0.0383. The minimum atomic E-state index is -4.49. The number of carbonyl (C=O) groups excluding carboxylic acids is 1. The number of pyridine rings is 2. The summed E-state index contributed by atoms with van der Waals surface area (Å²) in [5, 5.41) is 3.81. The van der Waals surface area contributed by atoms with Gasteiger partial charge in [-0.2, -0.15) is 13.2 Å². The summed E-state index contributed by atoms with van der Waals surface area (Å²) in [6.07, 6.45) is -1.99. The highest BCUT2D eigenvalue weighted by Gasteiger charge is 2.33. The van der Waals surface area contributed by atoms with Crippen molar-refractivity contribution >= 4 is 39.9 Å². The van der Waals surface area contributed by atoms with Gasteiger partial charge in [0.1, 0.15) is 5.82 Å². The standard InChI is InChI=1S/C22H21ClF3N5O/c1-14(21(32)29-19-6-2-5-18-16(19)4-3-7-27-18)30-8-10-31(11-9-30)20-17(23)12-15(13-28-20)22(24,25)26/h2-7,12-14H,8-11H2,1H3,(H,29,32). The third kappa shape index (κ3) is 4.63. The van der Waals surface area contributed by atoms with Crippen LogP contribution in [0.2, 0.25) is 5.02 Å². The van der Waals surface area contributed by atoms with Gasteiger partial charge >= 0.3 is 6.18 Å². The van der Waals surface area contributed by atoms with Crippen molar-refractivity contribution in [3.63, 3.8) is 0 Å². The lowest BCUT2D eigenvalue weighted by atomic mass is 10.1. The van der Waals surface area contributed by atoms with Crippen LogP contribution in [0.15, 0.2) is 48.8 Å². The fourth-order valence-corrected chi connectivity index (χ4v) is 4.04. The van der Waals surface area contributed by atoms with Crippen LogP contribution in [0.25, 0.3) is 10.9 Å². The average molecular weight is 464 g/mol. The van der Waals surface area contributed by atoms with Crippen molar-refractivity contribution in [1.29, 1.82) is 0 Å². The van der Waals surface area contributed by atoms with E-state index in [1.54, 1.807) is 6.20 Å². The highest BCUT2D eigenvalue weighted by atomic mass is 35.5. The lowest BCUT2D eigenvalue weighted by Crippen LogP contribution is -2.53. The zero-order chi connectivity index (χ0) is 22.9. The molecular formula is C22H21ClF3N5O. The fraction of sp³-hybridized carbons (Fsp3) is 0.318. The largest absolute Gasteiger partial charge is 0.417 e. The molecule has 10 heteroatoms. The third-order valence-corrected chi connectivity index (χ3v) is 5.87. The molecule has 1 aliphatic rings. The Kier molecular flexibility index (Phi) is 6.21. The number of anilines is 2. The average Bonchev–Trinajstić information content (AvgIpc) is 2.78. The molecule has 168 valence electrons. The van der Waals surface area contributed by atoms with Gasteiger partial charge in [-0.1, -0.05) is 17.7 Å². The van der Waals surface area contributed by atoms with Crippen LogP contribution in [0.5, 0.6) is 0 Å². The van der Waals surface area contributed by atoms with Crippen molar-refractivity contribution in [1.82, 2.24) is 14.9 Å². The molecule has 4 rings (SSSR count). The molecule has 0 aliphatic carbocycles. The zero-order valence-electron chi connectivity index (χ0n) is 17.2. The van der Waals surface area contributed by atoms with Crippen LogP contribution in [0.4, 0.5) is 24.7 Å². The lowest BCUT2D eigenvalue weighted by molar-refractivity contribution is -0.137. The molecule has 0 saturated carbocycles. The van der Waals surface area contributed by atoms with Crippen LogP contribution in [0, 0.1) is 0 Å². The van der Waals surface area contributed by atoms with E-state index in [1.807, 2.05) is 47.1 Å². The number of rotatable bonds is 4. The highest BCUT2D eigenvalue weighted by molar-refractivity contribution is 6.33. The van der Waals surface area contributed by atoms with Gasteiger partial charge in [0, 0.05) is 44.0 Å². The summed E-state index contributed by atoms with van der Waals surface area (Å²) in [4.78, 5) is 24.9. The SMILES string of the molecule is CC(C(=O)Nc1cccc2ncccc12)N1CCN(c2ncc(C(F)(F)F)cc2Cl)CC1. The maximum Gasteiger partial charge on any atom is 0.417 e. The number of aromatic nitrogens is 2. The third-order valence-electron chi connectivity index (χ3n) is 5.59. The van der Waals surface area contributed by atoms with E-state index in [1.165, 1.54) is 0 Å². The number of halogens is 4. The monoisotopic (exact) mass is 463 g/mol. The first-order chi connectivity index (χ1) is 15.2. The van der Waals surface area contributed by atoms with E-state index < -0.39 is 11.7 Å². The van der Waals surface area contributed by atoms with Crippen molar-refractivity contribution in [2.45, 2.75) is 19.1 Å². The maximum absolute atomic E-state index is 12.9. The summed E-state index contributed by atoms with van der Waals surface area (Å²) in [5.41, 5.74) is 0.623. The summed E-state index contributed by atoms with van der Waals surface area (Å²) in [5.74, 6) is 0.181. The second-order valence-corrected chi connectivity index (χ2v) is 8.00. The molecule has 1 fully saturated rings. The Morgan fingerprint density at radius 1 is 1.12 bits per heavy atom. The first kappa shape index (κ1) is 22.3. The van der Waals surface area contributed by atoms with Gasteiger partial charge in [0.25, 0.3) is 0 Å². The van der Waals surface area contributed by atoms with E-state index in [2.05, 4.69) is 15.3 Å². The van der Waals surface area contributed by atoms with Gasteiger partial charge in [0.15, 0.2) is 0 Å². The van der Waals surface area contributed by atoms with Gasteiger partial charge < -0.3 is 10.2 Å². The van der Waals surface area contributed by atoms with E-state index in [4.69, 9.17) is 11.6 Å². The molecule has 1 aliphatic heterocycles. The normalized spacial score (nSPS) is 16.2. The number of nitrogens with one attached hydrogen (secondary N) is 1. The predicted octanol–water partition coefficient (Wildman–Crippen LogP) is 4.45. The Balaban J connectivity index is 1.39. The van der Waals surface area contributed by atoms with Crippen LogP contribution in [-0.4, -0.2) is 53.0 Å². The molecule has 1 atom stereocenters. The number of benzene rings is 1. The van der Waals surface area contributed by atoms with Crippen molar-refractivity contribution < 1.29 is 18.0 Å². The molecule has 2 aromatic heterocycles. The molecule has 1 unspecified atom stereocenters. The molecule has 0 bridgehead atoms. The number of carbonyl (C=O) groups is 1. The molecule has 1 amide bonds. The summed E-state index contributed by atoms with van der Waals surface area (Å²) in [7, 11) is 0. The van der Waals surface area contributed by atoms with Crippen molar-refractivity contribution in [3.05, 3.63) is 59.4 Å². The van der Waals surface area contributed by atoms with Crippen LogP contribution in [0.1, 0.15) is 12.5 Å². The molecular weight excluding hydrogens is 443 g/mol. The second kappa shape index (κ2) is 8.91. The van der Waals surface area contributed by atoms with E-state index in [9.17, 15) is 18.0 Å². The van der Waals surface area contributed by atoms with Gasteiger partial charge in [-0.15, -0.1) is 0 Å². The Hall–Kier alpha value is -2.91. The van der Waals surface area contributed by atoms with Crippen molar-refractivity contribution in [2.24, 2.45) is 0 Å². The molecule has 6 nitrogen and oxygen atoms in total. The van der Waals surface area contributed by atoms with E-state index in [0.717, 1.165) is 23.2 Å². The quantitative estimate of drug-likeness (QED) is 0.619. The second-order valence-electron chi connectivity index (χ2n) is 7.59. The Morgan fingerprint density at radius 2 is 1.88 bits per heavy atom. The molecule has 32 heavy (non-hydrogen) atoms. The van der Waals surface area contributed by atoms with Crippen LogP contribution in [-0.2, 0) is 11.0 Å². The minimum Gasteiger partial charge on any atom is -0.353 e. The highest BCUT2D eigenvalue weighted by Crippen LogP contribution is 2.33. The Labute approximate surface area is 188 Å². The summed E-state index contributed by atoms with van der Waals surface area (Å²) in [6.45, 7) is 3.91. The van der Waals surface area contributed by atoms with E-state index >= 15 is 0 Å². The molecule has 1 N–H and O–H groups in total. The zero-order valence-corrected chi connectivity index (χ0v) is 18.0. The van der Waals surface area contributed by atoms with E-state index in [-0.39, 0.29) is 17.0 Å². The predicted molar refractivity (Wildman–Crippen MR) is 118 cm³/mol. The van der Waals surface area contributed by atoms with Gasteiger partial charge in [-0.3, -0.25) is 14.7 Å². The molecule has 0 radical (unpaired) electrons. The number of amides is 1. The van der Waals surface area contributed by atoms with E-state index in [0.29, 0.717) is 37.7 Å². The van der Waals surface area contributed by atoms with Crippen molar-refractivity contribution in [3.8, 4) is 0 Å². The van der Waals surface area contributed by atoms with Gasteiger partial charge in [-0.05, 0) is 37.3 Å². The number of nitrogens with zero attached hydrogens (tertiary/aromatic N) is 4. The molecule has 0 spiro atoms. The first-order valence-electron chi connectivity index (χ1n) is 10.1. The topological polar surface area (TPSA) is 61.4 Å². The fourth-order valence-electron chi connectivity index (χ4n) is 3.75. The number of hydrogen-bond donors (Lipinski definition) is 1. The van der Waals surface area contributed by atoms with Crippen LogP contribution >= 0.6 is 11.6 Å². The van der Waals surface area contributed by atoms with Gasteiger partial charge in [0.05, 0.1) is 27.8 Å².